The lowest BCUT2D eigenvalue weighted by Gasteiger charge is -1.86. The second-order valence-corrected chi connectivity index (χ2v) is 2.73. The molecule has 0 atom stereocenters. The Morgan fingerprint density at radius 3 is 3.09 bits per heavy atom. The minimum Gasteiger partial charge on any atom is -0.312 e. The fourth-order valence-corrected chi connectivity index (χ4v) is 1.24. The number of imidazole rings is 1. The van der Waals surface area contributed by atoms with E-state index in [0.29, 0.717) is 0 Å². The number of hydrogen-bond acceptors (Lipinski definition) is 2. The molecule has 0 aliphatic heterocycles. The van der Waals surface area contributed by atoms with Crippen LogP contribution >= 0.6 is 22.9 Å². The second-order valence-electron chi connectivity index (χ2n) is 2.19. The van der Waals surface area contributed by atoms with Crippen LogP contribution in [0.1, 0.15) is 0 Å². The lowest BCUT2D eigenvalue weighted by Crippen LogP contribution is -1.77. The van der Waals surface area contributed by atoms with E-state index < -0.39 is 0 Å². The van der Waals surface area contributed by atoms with Crippen molar-refractivity contribution < 1.29 is 0 Å². The van der Waals surface area contributed by atoms with Crippen molar-refractivity contribution in [3.8, 4) is 0 Å². The Kier molecular flexibility index (Phi) is 1.69. The lowest BCUT2D eigenvalue weighted by molar-refractivity contribution is 1.19. The van der Waals surface area contributed by atoms with Crippen molar-refractivity contribution in [2.45, 2.75) is 0 Å². The molecule has 0 radical (unpaired) electrons. The molecule has 11 heavy (non-hydrogen) atoms. The van der Waals surface area contributed by atoms with Crippen molar-refractivity contribution in [1.82, 2.24) is 9.38 Å². The van der Waals surface area contributed by atoms with Crippen molar-refractivity contribution in [3.05, 3.63) is 30.6 Å². The van der Waals surface area contributed by atoms with Gasteiger partial charge in [-0.25, -0.2) is 4.98 Å². The second kappa shape index (κ2) is 2.69. The Morgan fingerprint density at radius 2 is 2.36 bits per heavy atom. The molecule has 0 spiro atoms. The molecule has 56 valence electrons. The number of halogens is 1. The molecule has 1 N–H and O–H groups in total. The summed E-state index contributed by atoms with van der Waals surface area (Å²) in [4.78, 5) is 4.28. The van der Waals surface area contributed by atoms with E-state index in [1.165, 1.54) is 0 Å². The van der Waals surface area contributed by atoms with E-state index >= 15 is 0 Å². The van der Waals surface area contributed by atoms with Gasteiger partial charge in [0, 0.05) is 6.20 Å². The van der Waals surface area contributed by atoms with E-state index in [0.717, 1.165) is 11.5 Å². The van der Waals surface area contributed by atoms with Crippen LogP contribution in [0.3, 0.4) is 0 Å². The van der Waals surface area contributed by atoms with Gasteiger partial charge >= 0.3 is 0 Å². The largest absolute Gasteiger partial charge is 0.312 e. The van der Waals surface area contributed by atoms with Gasteiger partial charge in [-0.15, -0.1) is 0 Å². The Morgan fingerprint density at radius 1 is 1.45 bits per heavy atom. The highest BCUT2D eigenvalue weighted by Gasteiger charge is 1.95. The summed E-state index contributed by atoms with van der Waals surface area (Å²) in [7, 11) is 0. The minimum atomic E-state index is 0.886. The molecule has 0 aromatic carbocycles. The molecule has 0 amide bonds. The predicted octanol–water partition coefficient (Wildman–Crippen LogP) is 2.10. The standard InChI is InChI=1S/C7H6IN3/c8-10-6-5-11-4-2-1-3-7(11)9-6/h1-5,10H. The van der Waals surface area contributed by atoms with Crippen molar-refractivity contribution in [3.63, 3.8) is 0 Å². The van der Waals surface area contributed by atoms with Crippen LogP contribution in [0.2, 0.25) is 0 Å². The van der Waals surface area contributed by atoms with E-state index in [9.17, 15) is 0 Å². The molecule has 0 aliphatic carbocycles. The van der Waals surface area contributed by atoms with Crippen LogP contribution in [-0.2, 0) is 0 Å². The first kappa shape index (κ1) is 6.90. The highest BCUT2D eigenvalue weighted by molar-refractivity contribution is 14.1. The molecule has 2 aromatic heterocycles. The molecule has 2 heterocycles. The number of nitrogens with zero attached hydrogens (tertiary/aromatic N) is 2. The van der Waals surface area contributed by atoms with Crippen LogP contribution in [0.4, 0.5) is 5.82 Å². The number of anilines is 1. The van der Waals surface area contributed by atoms with Crippen LogP contribution in [0.5, 0.6) is 0 Å². The highest BCUT2D eigenvalue weighted by atomic mass is 127. The normalized spacial score (nSPS) is 10.3. The lowest BCUT2D eigenvalue weighted by atomic mass is 10.5. The van der Waals surface area contributed by atoms with Gasteiger partial charge in [0.25, 0.3) is 0 Å². The maximum Gasteiger partial charge on any atom is 0.153 e. The van der Waals surface area contributed by atoms with Crippen molar-refractivity contribution in [2.24, 2.45) is 0 Å². The molecule has 0 saturated heterocycles. The molecular formula is C7H6IN3. The molecule has 3 nitrogen and oxygen atoms in total. The quantitative estimate of drug-likeness (QED) is 0.627. The summed E-state index contributed by atoms with van der Waals surface area (Å²) in [5.74, 6) is 0.886. The van der Waals surface area contributed by atoms with Gasteiger partial charge in [0.15, 0.2) is 5.82 Å². The van der Waals surface area contributed by atoms with Gasteiger partial charge in [0.2, 0.25) is 0 Å². The number of hydrogen-bond donors (Lipinski definition) is 1. The van der Waals surface area contributed by atoms with Crippen LogP contribution in [0.15, 0.2) is 30.6 Å². The third kappa shape index (κ3) is 1.18. The molecule has 0 bridgehead atoms. The maximum absolute atomic E-state index is 4.28. The van der Waals surface area contributed by atoms with Crippen molar-refractivity contribution in [2.75, 3.05) is 3.53 Å². The van der Waals surface area contributed by atoms with Crippen LogP contribution < -0.4 is 3.53 Å². The summed E-state index contributed by atoms with van der Waals surface area (Å²) in [6, 6.07) is 5.92. The zero-order valence-corrected chi connectivity index (χ0v) is 7.82. The smallest absolute Gasteiger partial charge is 0.153 e. The molecule has 4 heteroatoms. The average Bonchev–Trinajstić information content (AvgIpc) is 2.46. The summed E-state index contributed by atoms with van der Waals surface area (Å²) in [5.41, 5.74) is 0.965. The van der Waals surface area contributed by atoms with E-state index in [1.54, 1.807) is 0 Å². The first-order chi connectivity index (χ1) is 5.40. The maximum atomic E-state index is 4.28. The molecular weight excluding hydrogens is 253 g/mol. The van der Waals surface area contributed by atoms with Gasteiger partial charge in [-0.05, 0) is 12.1 Å². The fraction of sp³-hybridized carbons (Fsp3) is 0. The van der Waals surface area contributed by atoms with E-state index in [-0.39, 0.29) is 0 Å². The summed E-state index contributed by atoms with van der Waals surface area (Å²) >= 11 is 2.06. The number of rotatable bonds is 1. The fourth-order valence-electron chi connectivity index (χ4n) is 0.980. The zero-order chi connectivity index (χ0) is 7.68. The third-order valence-electron chi connectivity index (χ3n) is 1.46. The van der Waals surface area contributed by atoms with Gasteiger partial charge in [0.05, 0.1) is 29.1 Å². The van der Waals surface area contributed by atoms with Gasteiger partial charge in [-0.1, -0.05) is 6.07 Å². The summed E-state index contributed by atoms with van der Waals surface area (Å²) in [5, 5.41) is 0. The van der Waals surface area contributed by atoms with Crippen molar-refractivity contribution in [1.29, 1.82) is 0 Å². The molecule has 2 aromatic rings. The van der Waals surface area contributed by atoms with E-state index in [2.05, 4.69) is 31.4 Å². The third-order valence-corrected chi connectivity index (χ3v) is 2.01. The Balaban J connectivity index is 2.69. The Hall–Kier alpha value is -0.780. The summed E-state index contributed by atoms with van der Waals surface area (Å²) in [6.07, 6.45) is 3.92. The number of fused-ring (bicyclic) bond motifs is 1. The topological polar surface area (TPSA) is 29.3 Å². The number of aromatic nitrogens is 2. The monoisotopic (exact) mass is 259 g/mol. The SMILES string of the molecule is INc1cn2ccccc2n1. The number of pyridine rings is 1. The van der Waals surface area contributed by atoms with Crippen LogP contribution in [0.25, 0.3) is 5.65 Å². The molecule has 2 rings (SSSR count). The Bertz CT molecular complexity index is 335. The van der Waals surface area contributed by atoms with E-state index in [1.807, 2.05) is 35.0 Å². The van der Waals surface area contributed by atoms with Crippen LogP contribution in [0, 0.1) is 0 Å². The van der Waals surface area contributed by atoms with Gasteiger partial charge in [-0.2, -0.15) is 0 Å². The average molecular weight is 259 g/mol. The molecule has 0 unspecified atom stereocenters. The molecule has 0 fully saturated rings. The molecule has 0 saturated carbocycles. The summed E-state index contributed by atoms with van der Waals surface area (Å²) < 4.78 is 4.93. The Labute approximate surface area is 77.9 Å². The number of nitrogens with one attached hydrogen (secondary N) is 1. The van der Waals surface area contributed by atoms with E-state index in [4.69, 9.17) is 0 Å². The summed E-state index contributed by atoms with van der Waals surface area (Å²) in [6.45, 7) is 0. The molecule has 0 aliphatic rings. The first-order valence-electron chi connectivity index (χ1n) is 3.20. The predicted molar refractivity (Wildman–Crippen MR) is 52.8 cm³/mol. The van der Waals surface area contributed by atoms with Gasteiger partial charge in [0.1, 0.15) is 5.65 Å². The highest BCUT2D eigenvalue weighted by Crippen LogP contribution is 2.09. The minimum absolute atomic E-state index is 0.886. The zero-order valence-electron chi connectivity index (χ0n) is 5.66. The van der Waals surface area contributed by atoms with Crippen molar-refractivity contribution >= 4 is 34.3 Å². The van der Waals surface area contributed by atoms with Crippen LogP contribution in [-0.4, -0.2) is 9.38 Å². The van der Waals surface area contributed by atoms with Gasteiger partial charge in [-0.3, -0.25) is 0 Å². The first-order valence-corrected chi connectivity index (χ1v) is 4.28. The van der Waals surface area contributed by atoms with Gasteiger partial charge < -0.3 is 7.93 Å².